The molecular weight excluding hydrogens is 356 g/mol. The van der Waals surface area contributed by atoms with Gasteiger partial charge in [-0.1, -0.05) is 26.0 Å². The minimum Gasteiger partial charge on any atom is -0.548 e. The van der Waals surface area contributed by atoms with Crippen molar-refractivity contribution in [1.29, 1.82) is 0 Å². The summed E-state index contributed by atoms with van der Waals surface area (Å²) in [5.41, 5.74) is 1.10. The molecule has 2 aromatic rings. The van der Waals surface area contributed by atoms with E-state index in [-0.39, 0.29) is 10.8 Å². The molecule has 0 bridgehead atoms. The molecule has 1 N–H and O–H groups in total. The van der Waals surface area contributed by atoms with E-state index in [9.17, 15) is 23.1 Å². The molecule has 0 saturated carbocycles. The van der Waals surface area contributed by atoms with Crippen LogP contribution in [0.15, 0.2) is 35.2 Å². The number of carbonyl (C=O) groups is 2. The second-order valence-electron chi connectivity index (χ2n) is 6.52. The molecule has 0 aromatic heterocycles. The van der Waals surface area contributed by atoms with Gasteiger partial charge >= 0.3 is 0 Å². The minimum absolute atomic E-state index is 0.0595. The van der Waals surface area contributed by atoms with Crippen LogP contribution in [-0.4, -0.2) is 32.9 Å². The fourth-order valence-corrected chi connectivity index (χ4v) is 4.79. The molecule has 1 aliphatic rings. The Hall–Kier alpha value is -2.45. The Morgan fingerprint density at radius 2 is 1.92 bits per heavy atom. The Morgan fingerprint density at radius 1 is 1.23 bits per heavy atom. The Labute approximate surface area is 151 Å². The summed E-state index contributed by atoms with van der Waals surface area (Å²) in [5, 5.41) is 12.2. The van der Waals surface area contributed by atoms with E-state index < -0.39 is 28.0 Å². The maximum Gasteiger partial charge on any atom is 0.258 e. The van der Waals surface area contributed by atoms with Gasteiger partial charge in [0.05, 0.1) is 22.6 Å². The summed E-state index contributed by atoms with van der Waals surface area (Å²) in [6.45, 7) is 5.49. The maximum atomic E-state index is 12.8. The van der Waals surface area contributed by atoms with Crippen LogP contribution in [0.25, 0.3) is 10.8 Å². The van der Waals surface area contributed by atoms with Crippen molar-refractivity contribution in [3.63, 3.8) is 0 Å². The third-order valence-corrected chi connectivity index (χ3v) is 6.05. The van der Waals surface area contributed by atoms with E-state index in [1.807, 2.05) is 6.92 Å². The summed E-state index contributed by atoms with van der Waals surface area (Å²) in [7, 11) is -4.12. The van der Waals surface area contributed by atoms with E-state index in [1.54, 1.807) is 43.0 Å². The van der Waals surface area contributed by atoms with Crippen molar-refractivity contribution in [2.45, 2.75) is 31.7 Å². The normalized spacial score (nSPS) is 15.1. The van der Waals surface area contributed by atoms with Gasteiger partial charge in [-0.2, -0.15) is 0 Å². The molecule has 1 atom stereocenters. The number of carboxylic acids is 1. The number of hydrogen-bond acceptors (Lipinski definition) is 5. The standard InChI is InChI=1S/C18H20N2O5S/c1-4-20-13-8-9-14(11-6-5-7-12(15(11)13)17(20)21)26(24,25)19-16(10(2)3)18(22)23/h5-10,16,19H,4H2,1-3H3,(H,22,23)/p-1/t16-/m0/s1. The van der Waals surface area contributed by atoms with Crippen LogP contribution >= 0.6 is 0 Å². The van der Waals surface area contributed by atoms with Crippen molar-refractivity contribution < 1.29 is 23.1 Å². The molecule has 138 valence electrons. The highest BCUT2D eigenvalue weighted by atomic mass is 32.2. The van der Waals surface area contributed by atoms with Gasteiger partial charge in [0.2, 0.25) is 10.0 Å². The van der Waals surface area contributed by atoms with Gasteiger partial charge in [0.25, 0.3) is 5.91 Å². The van der Waals surface area contributed by atoms with Crippen LogP contribution in [0.4, 0.5) is 5.69 Å². The summed E-state index contributed by atoms with van der Waals surface area (Å²) in [6.07, 6.45) is 0. The number of amides is 1. The first-order chi connectivity index (χ1) is 12.2. The van der Waals surface area contributed by atoms with Gasteiger partial charge in [0.1, 0.15) is 0 Å². The van der Waals surface area contributed by atoms with Crippen LogP contribution in [0, 0.1) is 5.92 Å². The van der Waals surface area contributed by atoms with Crippen LogP contribution in [0.3, 0.4) is 0 Å². The van der Waals surface area contributed by atoms with Crippen LogP contribution in [0.2, 0.25) is 0 Å². The van der Waals surface area contributed by atoms with Crippen molar-refractivity contribution in [3.05, 3.63) is 35.9 Å². The summed E-state index contributed by atoms with van der Waals surface area (Å²) in [4.78, 5) is 25.3. The number of aliphatic carboxylic acids is 1. The summed E-state index contributed by atoms with van der Waals surface area (Å²) in [6, 6.07) is 6.53. The number of anilines is 1. The lowest BCUT2D eigenvalue weighted by molar-refractivity contribution is -0.309. The van der Waals surface area contributed by atoms with E-state index in [4.69, 9.17) is 0 Å². The van der Waals surface area contributed by atoms with Crippen molar-refractivity contribution >= 4 is 38.4 Å². The molecular formula is C18H19N2O5S-. The number of sulfonamides is 1. The largest absolute Gasteiger partial charge is 0.548 e. The molecule has 0 aliphatic carbocycles. The number of nitrogens with zero attached hydrogens (tertiary/aromatic N) is 1. The molecule has 26 heavy (non-hydrogen) atoms. The molecule has 0 unspecified atom stereocenters. The number of nitrogens with one attached hydrogen (secondary N) is 1. The Morgan fingerprint density at radius 3 is 2.50 bits per heavy atom. The zero-order chi connectivity index (χ0) is 19.2. The highest BCUT2D eigenvalue weighted by Gasteiger charge is 2.32. The fourth-order valence-electron chi connectivity index (χ4n) is 3.25. The summed E-state index contributed by atoms with van der Waals surface area (Å²) in [5.74, 6) is -2.14. The molecule has 3 rings (SSSR count). The Bertz CT molecular complexity index is 1010. The zero-order valence-electron chi connectivity index (χ0n) is 14.6. The number of carbonyl (C=O) groups excluding carboxylic acids is 2. The molecule has 8 heteroatoms. The topological polar surface area (TPSA) is 107 Å². The van der Waals surface area contributed by atoms with Crippen LogP contribution in [-0.2, 0) is 14.8 Å². The lowest BCUT2D eigenvalue weighted by Crippen LogP contribution is -2.50. The van der Waals surface area contributed by atoms with Crippen molar-refractivity contribution in [1.82, 2.24) is 4.72 Å². The van der Waals surface area contributed by atoms with Gasteiger partial charge in [0, 0.05) is 22.9 Å². The van der Waals surface area contributed by atoms with Gasteiger partial charge in [-0.05, 0) is 31.0 Å². The lowest BCUT2D eigenvalue weighted by Gasteiger charge is -2.23. The predicted molar refractivity (Wildman–Crippen MR) is 95.3 cm³/mol. The smallest absolute Gasteiger partial charge is 0.258 e. The molecule has 0 radical (unpaired) electrons. The third kappa shape index (κ3) is 2.75. The van der Waals surface area contributed by atoms with Gasteiger partial charge in [0.15, 0.2) is 0 Å². The molecule has 0 spiro atoms. The first-order valence-corrected chi connectivity index (χ1v) is 9.78. The second-order valence-corrected chi connectivity index (χ2v) is 8.20. The van der Waals surface area contributed by atoms with E-state index >= 15 is 0 Å². The molecule has 0 fully saturated rings. The SMILES string of the molecule is CCN1C(=O)c2cccc3c(S(=O)(=O)N[C@H](C(=O)[O-])C(C)C)ccc1c23. The molecule has 1 aliphatic heterocycles. The van der Waals surface area contributed by atoms with E-state index in [2.05, 4.69) is 4.72 Å². The summed E-state index contributed by atoms with van der Waals surface area (Å²) < 4.78 is 27.9. The molecule has 2 aromatic carbocycles. The molecule has 0 saturated heterocycles. The van der Waals surface area contributed by atoms with Crippen LogP contribution < -0.4 is 14.7 Å². The fraction of sp³-hybridized carbons (Fsp3) is 0.333. The highest BCUT2D eigenvalue weighted by molar-refractivity contribution is 7.89. The minimum atomic E-state index is -4.12. The lowest BCUT2D eigenvalue weighted by atomic mass is 10.1. The number of benzene rings is 2. The van der Waals surface area contributed by atoms with Crippen LogP contribution in [0.1, 0.15) is 31.1 Å². The van der Waals surface area contributed by atoms with E-state index in [0.29, 0.717) is 28.6 Å². The van der Waals surface area contributed by atoms with E-state index in [0.717, 1.165) is 0 Å². The van der Waals surface area contributed by atoms with E-state index in [1.165, 1.54) is 6.07 Å². The van der Waals surface area contributed by atoms with Crippen molar-refractivity contribution in [2.75, 3.05) is 11.4 Å². The Balaban J connectivity index is 2.18. The summed E-state index contributed by atoms with van der Waals surface area (Å²) >= 11 is 0. The molecule has 7 nitrogen and oxygen atoms in total. The predicted octanol–water partition coefficient (Wildman–Crippen LogP) is 0.873. The zero-order valence-corrected chi connectivity index (χ0v) is 15.5. The number of carboxylic acid groups (broad SMARTS) is 1. The quantitative estimate of drug-likeness (QED) is 0.806. The third-order valence-electron chi connectivity index (χ3n) is 4.55. The average Bonchev–Trinajstić information content (AvgIpc) is 2.86. The maximum absolute atomic E-state index is 12.8. The monoisotopic (exact) mass is 375 g/mol. The first kappa shape index (κ1) is 18.3. The number of rotatable bonds is 6. The van der Waals surface area contributed by atoms with Crippen LogP contribution in [0.5, 0.6) is 0 Å². The van der Waals surface area contributed by atoms with Crippen molar-refractivity contribution in [2.24, 2.45) is 5.92 Å². The molecule has 1 amide bonds. The number of hydrogen-bond donors (Lipinski definition) is 1. The van der Waals surface area contributed by atoms with Gasteiger partial charge in [-0.15, -0.1) is 0 Å². The van der Waals surface area contributed by atoms with Gasteiger partial charge in [-0.3, -0.25) is 4.79 Å². The van der Waals surface area contributed by atoms with Gasteiger partial charge < -0.3 is 14.8 Å². The van der Waals surface area contributed by atoms with Gasteiger partial charge in [-0.25, -0.2) is 13.1 Å². The highest BCUT2D eigenvalue weighted by Crippen LogP contribution is 2.39. The first-order valence-electron chi connectivity index (χ1n) is 8.29. The Kier molecular flexibility index (Phi) is 4.49. The average molecular weight is 375 g/mol. The molecule has 1 heterocycles. The second kappa shape index (κ2) is 6.37. The van der Waals surface area contributed by atoms with Crippen molar-refractivity contribution in [3.8, 4) is 0 Å².